The summed E-state index contributed by atoms with van der Waals surface area (Å²) in [7, 11) is 1.52. The zero-order valence-electron chi connectivity index (χ0n) is 13.9. The second-order valence-electron chi connectivity index (χ2n) is 6.52. The lowest BCUT2D eigenvalue weighted by Crippen LogP contribution is -2.47. The fourth-order valence-corrected chi connectivity index (χ4v) is 2.06. The second-order valence-corrected chi connectivity index (χ2v) is 6.52. The Hall–Kier alpha value is -1.59. The van der Waals surface area contributed by atoms with Crippen LogP contribution in [0.4, 0.5) is 0 Å². The number of nitrogens with one attached hydrogen (secondary N) is 1. The summed E-state index contributed by atoms with van der Waals surface area (Å²) in [6, 6.07) is 0. The number of carboxylic acid groups (broad SMARTS) is 1. The molecule has 0 radical (unpaired) electrons. The van der Waals surface area contributed by atoms with Crippen LogP contribution in [0.2, 0.25) is 0 Å². The number of hydrogen-bond acceptors (Lipinski definition) is 3. The van der Waals surface area contributed by atoms with E-state index in [4.69, 9.17) is 0 Å². The molecule has 0 unspecified atom stereocenters. The third kappa shape index (κ3) is 6.14. The zero-order chi connectivity index (χ0) is 16.8. The van der Waals surface area contributed by atoms with Gasteiger partial charge in [-0.25, -0.2) is 0 Å². The minimum Gasteiger partial charge on any atom is -0.481 e. The van der Waals surface area contributed by atoms with Crippen molar-refractivity contribution in [1.29, 1.82) is 0 Å². The highest BCUT2D eigenvalue weighted by Gasteiger charge is 2.38. The van der Waals surface area contributed by atoms with Gasteiger partial charge in [0.25, 0.3) is 0 Å². The fourth-order valence-electron chi connectivity index (χ4n) is 2.06. The summed E-state index contributed by atoms with van der Waals surface area (Å²) >= 11 is 0. The van der Waals surface area contributed by atoms with E-state index in [9.17, 15) is 19.5 Å². The molecular weight excluding hydrogens is 272 g/mol. The number of carboxylic acids is 1. The monoisotopic (exact) mass is 300 g/mol. The summed E-state index contributed by atoms with van der Waals surface area (Å²) in [5.41, 5.74) is -1.41. The average molecular weight is 300 g/mol. The molecule has 6 heteroatoms. The maximum Gasteiger partial charge on any atom is 0.310 e. The van der Waals surface area contributed by atoms with E-state index >= 15 is 0 Å². The van der Waals surface area contributed by atoms with Gasteiger partial charge in [-0.05, 0) is 33.6 Å². The lowest BCUT2D eigenvalue weighted by Gasteiger charge is -2.29. The van der Waals surface area contributed by atoms with E-state index < -0.39 is 11.4 Å². The van der Waals surface area contributed by atoms with Crippen molar-refractivity contribution in [3.8, 4) is 0 Å². The quantitative estimate of drug-likeness (QED) is 0.748. The number of amides is 2. The largest absolute Gasteiger partial charge is 0.481 e. The minimum atomic E-state index is -1.05. The second kappa shape index (κ2) is 7.43. The molecule has 0 aromatic heterocycles. The molecule has 0 saturated heterocycles. The standard InChI is InChI=1S/C15H28N2O4/c1-7-15(8-2,13(20)21)9-12(19)17(6)10-11(18)16-14(3,4)5/h7-10H2,1-6H3,(H,16,18)(H,20,21). The number of rotatable bonds is 7. The van der Waals surface area contributed by atoms with Crippen molar-refractivity contribution in [1.82, 2.24) is 10.2 Å². The average Bonchev–Trinajstić information content (AvgIpc) is 2.32. The molecule has 0 aliphatic carbocycles. The molecule has 0 aliphatic heterocycles. The zero-order valence-corrected chi connectivity index (χ0v) is 13.9. The van der Waals surface area contributed by atoms with Gasteiger partial charge in [0.2, 0.25) is 11.8 Å². The van der Waals surface area contributed by atoms with Gasteiger partial charge in [0.1, 0.15) is 0 Å². The number of aliphatic carboxylic acids is 1. The summed E-state index contributed by atoms with van der Waals surface area (Å²) in [5.74, 6) is -1.55. The molecule has 0 aromatic carbocycles. The Morgan fingerprint density at radius 1 is 1.10 bits per heavy atom. The van der Waals surface area contributed by atoms with Crippen molar-refractivity contribution in [3.63, 3.8) is 0 Å². The van der Waals surface area contributed by atoms with Crippen LogP contribution >= 0.6 is 0 Å². The Morgan fingerprint density at radius 3 is 1.90 bits per heavy atom. The SMILES string of the molecule is CCC(CC)(CC(=O)N(C)CC(=O)NC(C)(C)C)C(=O)O. The smallest absolute Gasteiger partial charge is 0.310 e. The summed E-state index contributed by atoms with van der Waals surface area (Å²) in [6.07, 6.45) is 0.674. The van der Waals surface area contributed by atoms with E-state index in [1.54, 1.807) is 13.8 Å². The lowest BCUT2D eigenvalue weighted by atomic mass is 9.79. The van der Waals surface area contributed by atoms with Gasteiger partial charge in [-0.15, -0.1) is 0 Å². The van der Waals surface area contributed by atoms with Gasteiger partial charge in [0, 0.05) is 19.0 Å². The van der Waals surface area contributed by atoms with E-state index in [-0.39, 0.29) is 30.3 Å². The molecule has 0 spiro atoms. The maximum absolute atomic E-state index is 12.2. The highest BCUT2D eigenvalue weighted by molar-refractivity contribution is 5.88. The van der Waals surface area contributed by atoms with E-state index in [0.717, 1.165) is 0 Å². The van der Waals surface area contributed by atoms with Crippen molar-refractivity contribution in [2.75, 3.05) is 13.6 Å². The molecule has 0 aliphatic rings. The fraction of sp³-hybridized carbons (Fsp3) is 0.800. The summed E-state index contributed by atoms with van der Waals surface area (Å²) in [5, 5.41) is 12.1. The van der Waals surface area contributed by atoms with Crippen LogP contribution in [0.1, 0.15) is 53.9 Å². The van der Waals surface area contributed by atoms with Crippen molar-refractivity contribution >= 4 is 17.8 Å². The van der Waals surface area contributed by atoms with Gasteiger partial charge < -0.3 is 15.3 Å². The Kier molecular flexibility index (Phi) is 6.86. The molecule has 0 heterocycles. The maximum atomic E-state index is 12.2. The van der Waals surface area contributed by atoms with Crippen molar-refractivity contribution < 1.29 is 19.5 Å². The Morgan fingerprint density at radius 2 is 1.57 bits per heavy atom. The van der Waals surface area contributed by atoms with E-state index in [2.05, 4.69) is 5.32 Å². The number of carbonyl (C=O) groups is 3. The highest BCUT2D eigenvalue weighted by atomic mass is 16.4. The number of carbonyl (C=O) groups excluding carboxylic acids is 2. The van der Waals surface area contributed by atoms with Crippen molar-refractivity contribution in [3.05, 3.63) is 0 Å². The first-order valence-corrected chi connectivity index (χ1v) is 7.26. The van der Waals surface area contributed by atoms with E-state index in [0.29, 0.717) is 12.8 Å². The summed E-state index contributed by atoms with van der Waals surface area (Å²) in [6.45, 7) is 9.02. The van der Waals surface area contributed by atoms with Gasteiger partial charge in [0.05, 0.1) is 12.0 Å². The van der Waals surface area contributed by atoms with Gasteiger partial charge in [-0.3, -0.25) is 14.4 Å². The Bertz CT molecular complexity index is 395. The van der Waals surface area contributed by atoms with Crippen LogP contribution in [0.15, 0.2) is 0 Å². The van der Waals surface area contributed by atoms with Gasteiger partial charge in [-0.2, -0.15) is 0 Å². The first-order chi connectivity index (χ1) is 9.47. The third-order valence-corrected chi connectivity index (χ3v) is 3.62. The predicted octanol–water partition coefficient (Wildman–Crippen LogP) is 1.64. The molecule has 2 amide bonds. The molecule has 0 atom stereocenters. The third-order valence-electron chi connectivity index (χ3n) is 3.62. The first kappa shape index (κ1) is 19.4. The molecule has 2 N–H and O–H groups in total. The van der Waals surface area contributed by atoms with Gasteiger partial charge >= 0.3 is 5.97 Å². The number of nitrogens with zero attached hydrogens (tertiary/aromatic N) is 1. The van der Waals surface area contributed by atoms with E-state index in [1.807, 2.05) is 20.8 Å². The number of hydrogen-bond donors (Lipinski definition) is 2. The lowest BCUT2D eigenvalue weighted by molar-refractivity contribution is -0.154. The Labute approximate surface area is 126 Å². The van der Waals surface area contributed by atoms with E-state index in [1.165, 1.54) is 11.9 Å². The van der Waals surface area contributed by atoms with Crippen LogP contribution in [-0.2, 0) is 14.4 Å². The molecule has 0 aromatic rings. The molecule has 6 nitrogen and oxygen atoms in total. The number of likely N-dealkylation sites (N-methyl/N-ethyl adjacent to an activating group) is 1. The van der Waals surface area contributed by atoms with Crippen molar-refractivity contribution in [2.45, 2.75) is 59.4 Å². The van der Waals surface area contributed by atoms with Crippen molar-refractivity contribution in [2.24, 2.45) is 5.41 Å². The normalized spacial score (nSPS) is 11.9. The highest BCUT2D eigenvalue weighted by Crippen LogP contribution is 2.31. The molecule has 0 rings (SSSR count). The molecular formula is C15H28N2O4. The molecule has 0 saturated carbocycles. The van der Waals surface area contributed by atoms with Gasteiger partial charge in [0.15, 0.2) is 0 Å². The predicted molar refractivity (Wildman–Crippen MR) is 80.8 cm³/mol. The summed E-state index contributed by atoms with van der Waals surface area (Å²) in [4.78, 5) is 36.6. The van der Waals surface area contributed by atoms with Gasteiger partial charge in [-0.1, -0.05) is 13.8 Å². The topological polar surface area (TPSA) is 86.7 Å². The molecule has 122 valence electrons. The molecule has 0 fully saturated rings. The van der Waals surface area contributed by atoms with Crippen LogP contribution in [0.5, 0.6) is 0 Å². The minimum absolute atomic E-state index is 0.0702. The Balaban J connectivity index is 4.72. The van der Waals surface area contributed by atoms with Crippen LogP contribution in [0, 0.1) is 5.41 Å². The molecule has 0 bridgehead atoms. The summed E-state index contributed by atoms with van der Waals surface area (Å²) < 4.78 is 0. The van der Waals surface area contributed by atoms with Crippen LogP contribution in [0.3, 0.4) is 0 Å². The molecule has 21 heavy (non-hydrogen) atoms. The van der Waals surface area contributed by atoms with Crippen LogP contribution < -0.4 is 5.32 Å². The van der Waals surface area contributed by atoms with Crippen LogP contribution in [0.25, 0.3) is 0 Å². The van der Waals surface area contributed by atoms with Crippen LogP contribution in [-0.4, -0.2) is 46.9 Å². The first-order valence-electron chi connectivity index (χ1n) is 7.26.